The highest BCUT2D eigenvalue weighted by Gasteiger charge is 2.34. The van der Waals surface area contributed by atoms with Crippen LogP contribution in [0, 0.1) is 6.92 Å². The second-order valence-electron chi connectivity index (χ2n) is 8.01. The van der Waals surface area contributed by atoms with Crippen LogP contribution in [0.2, 0.25) is 0 Å². The maximum absolute atomic E-state index is 12.1. The number of aryl methyl sites for hydroxylation is 1. The molecule has 3 heterocycles. The number of anilines is 1. The minimum Gasteiger partial charge on any atom is -0.444 e. The predicted octanol–water partition coefficient (Wildman–Crippen LogP) is 3.08. The van der Waals surface area contributed by atoms with E-state index >= 15 is 0 Å². The van der Waals surface area contributed by atoms with E-state index in [4.69, 9.17) is 9.72 Å². The van der Waals surface area contributed by atoms with Crippen LogP contribution >= 0.6 is 15.9 Å². The Balaban J connectivity index is 1.72. The number of amides is 1. The van der Waals surface area contributed by atoms with Gasteiger partial charge in [-0.05, 0) is 63.4 Å². The summed E-state index contributed by atoms with van der Waals surface area (Å²) in [5.41, 5.74) is 0.837. The molecule has 8 nitrogen and oxygen atoms in total. The van der Waals surface area contributed by atoms with E-state index in [1.807, 2.05) is 32.1 Å². The summed E-state index contributed by atoms with van der Waals surface area (Å²) in [6.07, 6.45) is 2.90. The van der Waals surface area contributed by atoms with Crippen molar-refractivity contribution in [2.45, 2.75) is 58.6 Å². The number of halogens is 1. The summed E-state index contributed by atoms with van der Waals surface area (Å²) in [7, 11) is 0. The van der Waals surface area contributed by atoms with Gasteiger partial charge in [0.1, 0.15) is 11.9 Å². The minimum atomic E-state index is -0.500. The molecule has 2 aromatic rings. The maximum atomic E-state index is 12.1. The van der Waals surface area contributed by atoms with Crippen molar-refractivity contribution in [1.29, 1.82) is 0 Å². The fraction of sp³-hybridized carbons (Fsp3) is 0.647. The van der Waals surface area contributed by atoms with Crippen LogP contribution in [0.5, 0.6) is 0 Å². The third kappa shape index (κ3) is 3.92. The first-order valence-electron chi connectivity index (χ1n) is 8.70. The molecule has 0 unspecified atom stereocenters. The largest absolute Gasteiger partial charge is 0.444 e. The summed E-state index contributed by atoms with van der Waals surface area (Å²) in [4.78, 5) is 19.0. The van der Waals surface area contributed by atoms with Gasteiger partial charge in [0.15, 0.2) is 5.65 Å². The normalized spacial score (nSPS) is 17.4. The quantitative estimate of drug-likeness (QED) is 0.796. The molecule has 0 aliphatic carbocycles. The lowest BCUT2D eigenvalue weighted by atomic mass is 9.90. The van der Waals surface area contributed by atoms with E-state index in [1.165, 1.54) is 0 Å². The molecule has 9 heteroatoms. The number of fused-ring (bicyclic) bond motifs is 1. The molecule has 2 aromatic heterocycles. The second-order valence-corrected chi connectivity index (χ2v) is 8.80. The first kappa shape index (κ1) is 18.9. The van der Waals surface area contributed by atoms with E-state index in [0.717, 1.165) is 47.7 Å². The molecule has 0 aromatic carbocycles. The third-order valence-electron chi connectivity index (χ3n) is 4.50. The van der Waals surface area contributed by atoms with Crippen LogP contribution < -0.4 is 10.2 Å². The van der Waals surface area contributed by atoms with E-state index in [9.17, 15) is 4.79 Å². The number of ether oxygens (including phenoxy) is 1. The summed E-state index contributed by atoms with van der Waals surface area (Å²) in [6.45, 7) is 11.1. The van der Waals surface area contributed by atoms with Crippen molar-refractivity contribution >= 4 is 33.6 Å². The molecular formula is C17H25BrN6O2. The van der Waals surface area contributed by atoms with Crippen LogP contribution in [-0.2, 0) is 4.74 Å². The molecule has 1 fully saturated rings. The van der Waals surface area contributed by atoms with Crippen molar-refractivity contribution in [3.8, 4) is 0 Å². The van der Waals surface area contributed by atoms with Gasteiger partial charge in [-0.2, -0.15) is 0 Å². The Morgan fingerprint density at radius 1 is 1.35 bits per heavy atom. The molecule has 0 atom stereocenters. The molecule has 142 valence electrons. The Labute approximate surface area is 161 Å². The summed E-state index contributed by atoms with van der Waals surface area (Å²) in [5, 5.41) is 11.2. The number of hydrogen-bond acceptors (Lipinski definition) is 6. The van der Waals surface area contributed by atoms with Gasteiger partial charge in [-0.25, -0.2) is 14.2 Å². The summed E-state index contributed by atoms with van der Waals surface area (Å²) in [6, 6.07) is 0. The molecule has 1 amide bonds. The fourth-order valence-corrected chi connectivity index (χ4v) is 3.40. The monoisotopic (exact) mass is 424 g/mol. The average molecular weight is 425 g/mol. The van der Waals surface area contributed by atoms with Gasteiger partial charge in [0.2, 0.25) is 5.95 Å². The molecule has 0 radical (unpaired) electrons. The lowest BCUT2D eigenvalue weighted by Gasteiger charge is -2.40. The minimum absolute atomic E-state index is 0.296. The van der Waals surface area contributed by atoms with Crippen molar-refractivity contribution in [1.82, 2.24) is 24.9 Å². The summed E-state index contributed by atoms with van der Waals surface area (Å²) < 4.78 is 8.14. The first-order chi connectivity index (χ1) is 12.1. The van der Waals surface area contributed by atoms with E-state index < -0.39 is 5.60 Å². The number of nitrogens with zero attached hydrogens (tertiary/aromatic N) is 5. The summed E-state index contributed by atoms with van der Waals surface area (Å²) in [5.74, 6) is 0.824. The molecular weight excluding hydrogens is 400 g/mol. The van der Waals surface area contributed by atoms with Gasteiger partial charge < -0.3 is 15.0 Å². The van der Waals surface area contributed by atoms with Crippen molar-refractivity contribution in [3.63, 3.8) is 0 Å². The van der Waals surface area contributed by atoms with Crippen molar-refractivity contribution < 1.29 is 9.53 Å². The molecule has 1 aliphatic heterocycles. The Hall–Kier alpha value is -1.90. The van der Waals surface area contributed by atoms with Crippen molar-refractivity contribution in [2.24, 2.45) is 0 Å². The molecule has 0 spiro atoms. The van der Waals surface area contributed by atoms with E-state index in [-0.39, 0.29) is 11.6 Å². The number of aromatic nitrogens is 4. The van der Waals surface area contributed by atoms with Gasteiger partial charge in [0.05, 0.1) is 10.2 Å². The zero-order chi connectivity index (χ0) is 19.1. The number of hydrogen-bond donors (Lipinski definition) is 1. The molecule has 0 saturated carbocycles. The molecule has 26 heavy (non-hydrogen) atoms. The van der Waals surface area contributed by atoms with Crippen LogP contribution in [0.4, 0.5) is 10.7 Å². The van der Waals surface area contributed by atoms with Crippen LogP contribution in [0.15, 0.2) is 10.8 Å². The number of carbonyl (C=O) groups excluding carboxylic acids is 1. The van der Waals surface area contributed by atoms with E-state index in [0.29, 0.717) is 0 Å². The zero-order valence-electron chi connectivity index (χ0n) is 15.8. The van der Waals surface area contributed by atoms with Crippen LogP contribution in [0.3, 0.4) is 0 Å². The van der Waals surface area contributed by atoms with Gasteiger partial charge in [0.25, 0.3) is 0 Å². The SMILES string of the molecule is Cc1nc(N2CCC(C)(NC(=O)OC(C)(C)C)CC2)n2cnnc2c1Br. The van der Waals surface area contributed by atoms with E-state index in [2.05, 4.69) is 43.3 Å². The van der Waals surface area contributed by atoms with Gasteiger partial charge >= 0.3 is 6.09 Å². The average Bonchev–Trinajstić information content (AvgIpc) is 2.99. The number of rotatable bonds is 2. The standard InChI is InChI=1S/C17H25BrN6O2/c1-11-12(18)13-22-19-10-24(13)14(20-11)23-8-6-17(5,7-9-23)21-15(25)26-16(2,3)4/h10H,6-9H2,1-5H3,(H,21,25). The molecule has 1 N–H and O–H groups in total. The maximum Gasteiger partial charge on any atom is 0.408 e. The van der Waals surface area contributed by atoms with Crippen LogP contribution in [0.1, 0.15) is 46.2 Å². The fourth-order valence-electron chi connectivity index (χ4n) is 3.04. The number of piperidine rings is 1. The van der Waals surface area contributed by atoms with Crippen molar-refractivity contribution in [3.05, 3.63) is 16.5 Å². The first-order valence-corrected chi connectivity index (χ1v) is 9.49. The summed E-state index contributed by atoms with van der Waals surface area (Å²) >= 11 is 3.52. The Bertz CT molecular complexity index is 821. The molecule has 1 aliphatic rings. The second kappa shape index (κ2) is 6.68. The van der Waals surface area contributed by atoms with Crippen LogP contribution in [-0.4, -0.2) is 49.9 Å². The Kier molecular flexibility index (Phi) is 4.85. The van der Waals surface area contributed by atoms with E-state index in [1.54, 1.807) is 6.33 Å². The van der Waals surface area contributed by atoms with Gasteiger partial charge in [0, 0.05) is 18.6 Å². The van der Waals surface area contributed by atoms with Crippen molar-refractivity contribution in [2.75, 3.05) is 18.0 Å². The zero-order valence-corrected chi connectivity index (χ0v) is 17.4. The highest BCUT2D eigenvalue weighted by molar-refractivity contribution is 9.10. The smallest absolute Gasteiger partial charge is 0.408 e. The third-order valence-corrected chi connectivity index (χ3v) is 5.43. The highest BCUT2D eigenvalue weighted by Crippen LogP contribution is 2.28. The van der Waals surface area contributed by atoms with Gasteiger partial charge in [-0.15, -0.1) is 10.2 Å². The number of alkyl carbamates (subject to hydrolysis) is 1. The number of nitrogens with one attached hydrogen (secondary N) is 1. The Morgan fingerprint density at radius 2 is 2.00 bits per heavy atom. The van der Waals surface area contributed by atoms with Gasteiger partial charge in [-0.1, -0.05) is 0 Å². The molecule has 0 bridgehead atoms. The molecule has 1 saturated heterocycles. The predicted molar refractivity (Wildman–Crippen MR) is 102 cm³/mol. The topological polar surface area (TPSA) is 84.7 Å². The number of carbonyl (C=O) groups is 1. The highest BCUT2D eigenvalue weighted by atomic mass is 79.9. The van der Waals surface area contributed by atoms with Gasteiger partial charge in [-0.3, -0.25) is 0 Å². The Morgan fingerprint density at radius 3 is 2.62 bits per heavy atom. The lowest BCUT2D eigenvalue weighted by Crippen LogP contribution is -2.54. The molecule has 3 rings (SSSR count). The lowest BCUT2D eigenvalue weighted by molar-refractivity contribution is 0.0448. The van der Waals surface area contributed by atoms with Crippen LogP contribution in [0.25, 0.3) is 5.65 Å².